The van der Waals surface area contributed by atoms with Crippen molar-refractivity contribution < 1.29 is 18.1 Å². The van der Waals surface area contributed by atoms with Gasteiger partial charge in [0.05, 0.1) is 5.67 Å². The molecule has 1 rings (SSSR count). The molecule has 0 saturated carbocycles. The van der Waals surface area contributed by atoms with Crippen LogP contribution in [0, 0.1) is 0 Å². The first-order valence-electron chi connectivity index (χ1n) is 10.0. The number of carbonyl (C=O) groups is 1. The molecule has 0 aromatic heterocycles. The average Bonchev–Trinajstić information content (AvgIpc) is 2.62. The maximum Gasteiger partial charge on any atom is 0.519 e. The van der Waals surface area contributed by atoms with Crippen LogP contribution in [0.1, 0.15) is 40.5 Å². The Labute approximate surface area is 160 Å². The lowest BCUT2D eigenvalue weighted by Gasteiger charge is -2.44. The summed E-state index contributed by atoms with van der Waals surface area (Å²) >= 11 is 0. The molecular formula is C18H39N3O4Si. The van der Waals surface area contributed by atoms with Gasteiger partial charge in [-0.1, -0.05) is 6.92 Å². The Hall–Kier alpha value is -0.513. The molecule has 1 unspecified atom stereocenters. The highest BCUT2D eigenvalue weighted by Gasteiger charge is 2.51. The number of amides is 1. The monoisotopic (exact) mass is 389 g/mol. The third-order valence-electron chi connectivity index (χ3n) is 4.82. The fraction of sp³-hybridized carbons (Fsp3) is 0.944. The first-order valence-corrected chi connectivity index (χ1v) is 11.8. The summed E-state index contributed by atoms with van der Waals surface area (Å²) in [6.45, 7) is 14.7. The summed E-state index contributed by atoms with van der Waals surface area (Å²) in [4.78, 5) is 18.3. The van der Waals surface area contributed by atoms with E-state index in [2.05, 4.69) is 16.7 Å². The Kier molecular flexibility index (Phi) is 10.9. The van der Waals surface area contributed by atoms with Crippen molar-refractivity contribution in [1.29, 1.82) is 0 Å². The van der Waals surface area contributed by atoms with E-state index < -0.39 is 8.80 Å². The number of nitrogens with zero attached hydrogens (tertiary/aromatic N) is 3. The zero-order chi connectivity index (χ0) is 19.6. The molecule has 7 nitrogen and oxygen atoms in total. The molecule has 1 aliphatic heterocycles. The minimum atomic E-state index is -2.74. The van der Waals surface area contributed by atoms with Gasteiger partial charge in [0.25, 0.3) is 0 Å². The summed E-state index contributed by atoms with van der Waals surface area (Å²) in [5.74, 6) is 0.189. The minimum Gasteiger partial charge on any atom is -0.373 e. The van der Waals surface area contributed by atoms with E-state index in [0.29, 0.717) is 26.2 Å². The van der Waals surface area contributed by atoms with E-state index in [1.807, 2.05) is 34.9 Å². The van der Waals surface area contributed by atoms with Gasteiger partial charge in [-0.25, -0.2) is 0 Å². The molecular weight excluding hydrogens is 350 g/mol. The van der Waals surface area contributed by atoms with Crippen LogP contribution in [0.4, 0.5) is 0 Å². The summed E-state index contributed by atoms with van der Waals surface area (Å²) in [5, 5.41) is 0. The molecule has 0 aromatic carbocycles. The number of rotatable bonds is 12. The van der Waals surface area contributed by atoms with Gasteiger partial charge in [-0.3, -0.25) is 9.69 Å². The molecule has 26 heavy (non-hydrogen) atoms. The second-order valence-corrected chi connectivity index (χ2v) is 9.48. The predicted octanol–water partition coefficient (Wildman–Crippen LogP) is 1.45. The number of hydrogen-bond acceptors (Lipinski definition) is 6. The van der Waals surface area contributed by atoms with Gasteiger partial charge in [0, 0.05) is 73.1 Å². The maximum absolute atomic E-state index is 11.8. The number of piperazine rings is 1. The predicted molar refractivity (Wildman–Crippen MR) is 106 cm³/mol. The Morgan fingerprint density at radius 1 is 0.962 bits per heavy atom. The van der Waals surface area contributed by atoms with Crippen molar-refractivity contribution in [2.75, 3.05) is 66.6 Å². The third-order valence-corrected chi connectivity index (χ3v) is 8.48. The molecule has 1 saturated heterocycles. The van der Waals surface area contributed by atoms with Crippen LogP contribution in [0.5, 0.6) is 0 Å². The first-order chi connectivity index (χ1) is 12.4. The van der Waals surface area contributed by atoms with Gasteiger partial charge >= 0.3 is 8.80 Å². The Bertz CT molecular complexity index is 387. The molecule has 1 atom stereocenters. The van der Waals surface area contributed by atoms with Crippen LogP contribution in [0.3, 0.4) is 0 Å². The van der Waals surface area contributed by atoms with Gasteiger partial charge in [-0.2, -0.15) is 0 Å². The first kappa shape index (κ1) is 23.5. The van der Waals surface area contributed by atoms with Crippen molar-refractivity contribution >= 4 is 14.7 Å². The van der Waals surface area contributed by atoms with Crippen LogP contribution in [0.2, 0.25) is 0 Å². The van der Waals surface area contributed by atoms with Crippen LogP contribution in [-0.4, -0.2) is 102 Å². The molecule has 0 N–H and O–H groups in total. The molecule has 0 aliphatic carbocycles. The SMILES string of the molecule is CCO[Si](OCC)(OCC)C(CC)N1CCN(CCC(=O)N(C)C)CC1. The van der Waals surface area contributed by atoms with E-state index >= 15 is 0 Å². The number of hydrogen-bond donors (Lipinski definition) is 0. The number of carbonyl (C=O) groups excluding carboxylic acids is 1. The standard InChI is InChI=1S/C18H39N3O4Si/c1-7-18(26(23-8-2,24-9-3)25-10-4)21-15-13-20(14-16-21)12-11-17(22)19(5)6/h18H,7-16H2,1-6H3. The molecule has 0 bridgehead atoms. The zero-order valence-corrected chi connectivity index (χ0v) is 18.6. The average molecular weight is 390 g/mol. The molecule has 1 fully saturated rings. The van der Waals surface area contributed by atoms with E-state index in [9.17, 15) is 4.79 Å². The van der Waals surface area contributed by atoms with Gasteiger partial charge < -0.3 is 23.1 Å². The van der Waals surface area contributed by atoms with Crippen molar-refractivity contribution in [2.45, 2.75) is 46.2 Å². The van der Waals surface area contributed by atoms with Crippen LogP contribution < -0.4 is 0 Å². The van der Waals surface area contributed by atoms with Crippen LogP contribution >= 0.6 is 0 Å². The summed E-state index contributed by atoms with van der Waals surface area (Å²) in [6, 6.07) is 0. The molecule has 0 spiro atoms. The van der Waals surface area contributed by atoms with Gasteiger partial charge in [0.1, 0.15) is 0 Å². The summed E-state index contributed by atoms with van der Waals surface area (Å²) in [6.07, 6.45) is 1.53. The molecule has 1 aliphatic rings. The fourth-order valence-corrected chi connectivity index (χ4v) is 6.76. The summed E-state index contributed by atoms with van der Waals surface area (Å²) in [7, 11) is 0.883. The maximum atomic E-state index is 11.8. The summed E-state index contributed by atoms with van der Waals surface area (Å²) in [5.41, 5.74) is 0.188. The van der Waals surface area contributed by atoms with E-state index in [4.69, 9.17) is 13.3 Å². The van der Waals surface area contributed by atoms with Gasteiger partial charge in [-0.15, -0.1) is 0 Å². The molecule has 8 heteroatoms. The highest BCUT2D eigenvalue weighted by atomic mass is 28.4. The lowest BCUT2D eigenvalue weighted by molar-refractivity contribution is -0.129. The lowest BCUT2D eigenvalue weighted by Crippen LogP contribution is -2.65. The highest BCUT2D eigenvalue weighted by molar-refractivity contribution is 6.62. The van der Waals surface area contributed by atoms with E-state index in [-0.39, 0.29) is 11.6 Å². The van der Waals surface area contributed by atoms with Crippen LogP contribution in [-0.2, 0) is 18.1 Å². The van der Waals surface area contributed by atoms with Gasteiger partial charge in [-0.05, 0) is 27.2 Å². The molecule has 0 aromatic rings. The normalized spacial score (nSPS) is 18.1. The smallest absolute Gasteiger partial charge is 0.373 e. The van der Waals surface area contributed by atoms with Crippen molar-refractivity contribution in [3.8, 4) is 0 Å². The molecule has 0 radical (unpaired) electrons. The van der Waals surface area contributed by atoms with Crippen molar-refractivity contribution in [3.05, 3.63) is 0 Å². The zero-order valence-electron chi connectivity index (χ0n) is 17.6. The quantitative estimate of drug-likeness (QED) is 0.471. The van der Waals surface area contributed by atoms with Gasteiger partial charge in [0.2, 0.25) is 5.91 Å². The van der Waals surface area contributed by atoms with Crippen molar-refractivity contribution in [2.24, 2.45) is 0 Å². The minimum absolute atomic E-state index is 0.188. The summed E-state index contributed by atoms with van der Waals surface area (Å²) < 4.78 is 18.4. The second kappa shape index (κ2) is 12.0. The third kappa shape index (κ3) is 6.58. The lowest BCUT2D eigenvalue weighted by atomic mass is 10.2. The van der Waals surface area contributed by atoms with Crippen molar-refractivity contribution in [3.63, 3.8) is 0 Å². The van der Waals surface area contributed by atoms with Crippen LogP contribution in [0.25, 0.3) is 0 Å². The topological polar surface area (TPSA) is 54.5 Å². The molecule has 154 valence electrons. The van der Waals surface area contributed by atoms with Crippen LogP contribution in [0.15, 0.2) is 0 Å². The Balaban J connectivity index is 2.69. The second-order valence-electron chi connectivity index (χ2n) is 6.74. The van der Waals surface area contributed by atoms with E-state index in [1.54, 1.807) is 4.90 Å². The largest absolute Gasteiger partial charge is 0.519 e. The molecule has 1 amide bonds. The van der Waals surface area contributed by atoms with E-state index in [0.717, 1.165) is 39.1 Å². The Morgan fingerprint density at radius 2 is 1.46 bits per heavy atom. The highest BCUT2D eigenvalue weighted by Crippen LogP contribution is 2.24. The Morgan fingerprint density at radius 3 is 1.85 bits per heavy atom. The van der Waals surface area contributed by atoms with E-state index in [1.165, 1.54) is 0 Å². The van der Waals surface area contributed by atoms with Crippen molar-refractivity contribution in [1.82, 2.24) is 14.7 Å². The van der Waals surface area contributed by atoms with Gasteiger partial charge in [0.15, 0.2) is 0 Å². The fourth-order valence-electron chi connectivity index (χ4n) is 3.52. The molecule has 1 heterocycles.